The van der Waals surface area contributed by atoms with Crippen LogP contribution in [0.3, 0.4) is 0 Å². The predicted octanol–water partition coefficient (Wildman–Crippen LogP) is 2.54. The van der Waals surface area contributed by atoms with Crippen LogP contribution in [-0.2, 0) is 6.54 Å². The molecule has 1 atom stereocenters. The van der Waals surface area contributed by atoms with E-state index in [0.717, 1.165) is 18.8 Å². The Balaban J connectivity index is 2.39. The quantitative estimate of drug-likeness (QED) is 0.801. The summed E-state index contributed by atoms with van der Waals surface area (Å²) < 4.78 is 5.29. The maximum Gasteiger partial charge on any atom is 0.119 e. The predicted molar refractivity (Wildman–Crippen MR) is 62.3 cm³/mol. The van der Waals surface area contributed by atoms with Gasteiger partial charge in [-0.25, -0.2) is 0 Å². The first-order valence-electron chi connectivity index (χ1n) is 5.60. The third kappa shape index (κ3) is 2.00. The van der Waals surface area contributed by atoms with Crippen molar-refractivity contribution in [1.82, 2.24) is 5.32 Å². The number of ether oxygens (including phenoxy) is 1. The zero-order valence-electron chi connectivity index (χ0n) is 9.71. The highest BCUT2D eigenvalue weighted by molar-refractivity contribution is 5.39. The fraction of sp³-hybridized carbons (Fsp3) is 0.538. The van der Waals surface area contributed by atoms with E-state index in [1.165, 1.54) is 11.1 Å². The molecule has 2 heteroatoms. The number of benzene rings is 1. The summed E-state index contributed by atoms with van der Waals surface area (Å²) in [6.45, 7) is 6.63. The zero-order valence-corrected chi connectivity index (χ0v) is 9.71. The van der Waals surface area contributed by atoms with Crippen LogP contribution in [0.4, 0.5) is 0 Å². The second kappa shape index (κ2) is 4.23. The molecule has 0 radical (unpaired) electrons. The van der Waals surface area contributed by atoms with E-state index in [2.05, 4.69) is 31.3 Å². The molecule has 0 amide bonds. The summed E-state index contributed by atoms with van der Waals surface area (Å²) >= 11 is 0. The minimum absolute atomic E-state index is 0.615. The van der Waals surface area contributed by atoms with E-state index >= 15 is 0 Å². The Labute approximate surface area is 91.6 Å². The van der Waals surface area contributed by atoms with Crippen molar-refractivity contribution in [2.75, 3.05) is 13.7 Å². The average molecular weight is 205 g/mol. The van der Waals surface area contributed by atoms with Crippen molar-refractivity contribution >= 4 is 0 Å². The Hall–Kier alpha value is -1.02. The molecule has 15 heavy (non-hydrogen) atoms. The Morgan fingerprint density at radius 2 is 2.20 bits per heavy atom. The summed E-state index contributed by atoms with van der Waals surface area (Å²) in [6, 6.07) is 6.42. The molecule has 1 aliphatic rings. The van der Waals surface area contributed by atoms with Gasteiger partial charge in [0.1, 0.15) is 5.75 Å². The summed E-state index contributed by atoms with van der Waals surface area (Å²) in [4.78, 5) is 0. The Bertz CT molecular complexity index is 346. The summed E-state index contributed by atoms with van der Waals surface area (Å²) in [7, 11) is 1.73. The van der Waals surface area contributed by atoms with Crippen molar-refractivity contribution < 1.29 is 4.74 Å². The molecule has 0 aromatic heterocycles. The molecule has 0 bridgehead atoms. The molecule has 82 valence electrons. The molecule has 1 N–H and O–H groups in total. The van der Waals surface area contributed by atoms with Crippen LogP contribution in [0.25, 0.3) is 0 Å². The lowest BCUT2D eigenvalue weighted by molar-refractivity contribution is 0.405. The van der Waals surface area contributed by atoms with Crippen LogP contribution >= 0.6 is 0 Å². The van der Waals surface area contributed by atoms with Gasteiger partial charge in [-0.2, -0.15) is 0 Å². The molecule has 0 saturated heterocycles. The molecular formula is C13H19NO. The van der Waals surface area contributed by atoms with Crippen LogP contribution in [0.1, 0.15) is 30.9 Å². The van der Waals surface area contributed by atoms with Crippen LogP contribution in [0.5, 0.6) is 5.75 Å². The van der Waals surface area contributed by atoms with E-state index in [-0.39, 0.29) is 0 Å². The van der Waals surface area contributed by atoms with E-state index in [1.807, 2.05) is 6.07 Å². The van der Waals surface area contributed by atoms with Crippen molar-refractivity contribution in [3.8, 4) is 5.75 Å². The Morgan fingerprint density at radius 1 is 1.40 bits per heavy atom. The fourth-order valence-corrected chi connectivity index (χ4v) is 2.27. The maximum absolute atomic E-state index is 5.29. The molecule has 0 spiro atoms. The van der Waals surface area contributed by atoms with Crippen molar-refractivity contribution in [3.05, 3.63) is 29.3 Å². The van der Waals surface area contributed by atoms with Gasteiger partial charge in [-0.05, 0) is 35.1 Å². The summed E-state index contributed by atoms with van der Waals surface area (Å²) in [5.41, 5.74) is 2.88. The molecule has 0 aliphatic carbocycles. The van der Waals surface area contributed by atoms with E-state index in [9.17, 15) is 0 Å². The minimum atomic E-state index is 0.615. The largest absolute Gasteiger partial charge is 0.497 e. The lowest BCUT2D eigenvalue weighted by atomic mass is 9.83. The van der Waals surface area contributed by atoms with E-state index in [0.29, 0.717) is 11.8 Å². The smallest absolute Gasteiger partial charge is 0.119 e. The van der Waals surface area contributed by atoms with Crippen LogP contribution in [-0.4, -0.2) is 13.7 Å². The zero-order chi connectivity index (χ0) is 10.8. The van der Waals surface area contributed by atoms with Gasteiger partial charge in [0.15, 0.2) is 0 Å². The van der Waals surface area contributed by atoms with Crippen molar-refractivity contribution in [2.24, 2.45) is 5.92 Å². The number of nitrogens with one attached hydrogen (secondary N) is 1. The highest BCUT2D eigenvalue weighted by atomic mass is 16.5. The van der Waals surface area contributed by atoms with Gasteiger partial charge in [-0.1, -0.05) is 19.9 Å². The molecule has 1 unspecified atom stereocenters. The van der Waals surface area contributed by atoms with Gasteiger partial charge in [-0.15, -0.1) is 0 Å². The standard InChI is InChI=1S/C13H19NO/c1-9(2)13-8-14-7-10-4-5-11(15-3)6-12(10)13/h4-6,9,13-14H,7-8H2,1-3H3. The van der Waals surface area contributed by atoms with E-state index in [1.54, 1.807) is 7.11 Å². The molecule has 1 aromatic carbocycles. The van der Waals surface area contributed by atoms with Crippen molar-refractivity contribution in [3.63, 3.8) is 0 Å². The summed E-state index contributed by atoms with van der Waals surface area (Å²) in [5.74, 6) is 2.26. The van der Waals surface area contributed by atoms with Gasteiger partial charge in [0, 0.05) is 13.1 Å². The molecule has 1 aromatic rings. The number of hydrogen-bond donors (Lipinski definition) is 1. The molecule has 0 fully saturated rings. The van der Waals surface area contributed by atoms with Crippen LogP contribution < -0.4 is 10.1 Å². The van der Waals surface area contributed by atoms with Crippen LogP contribution in [0, 0.1) is 5.92 Å². The molecule has 1 aliphatic heterocycles. The second-order valence-corrected chi connectivity index (χ2v) is 4.55. The lowest BCUT2D eigenvalue weighted by Crippen LogP contribution is -2.30. The highest BCUT2D eigenvalue weighted by Gasteiger charge is 2.22. The first-order chi connectivity index (χ1) is 7.22. The molecule has 2 rings (SSSR count). The van der Waals surface area contributed by atoms with Gasteiger partial charge in [0.25, 0.3) is 0 Å². The average Bonchev–Trinajstić information content (AvgIpc) is 2.27. The normalized spacial score (nSPS) is 20.1. The molecule has 2 nitrogen and oxygen atoms in total. The second-order valence-electron chi connectivity index (χ2n) is 4.55. The fourth-order valence-electron chi connectivity index (χ4n) is 2.27. The van der Waals surface area contributed by atoms with Crippen LogP contribution in [0.15, 0.2) is 18.2 Å². The Morgan fingerprint density at radius 3 is 2.87 bits per heavy atom. The topological polar surface area (TPSA) is 21.3 Å². The van der Waals surface area contributed by atoms with Crippen LogP contribution in [0.2, 0.25) is 0 Å². The lowest BCUT2D eigenvalue weighted by Gasteiger charge is -2.29. The van der Waals surface area contributed by atoms with E-state index in [4.69, 9.17) is 4.74 Å². The molecule has 1 heterocycles. The summed E-state index contributed by atoms with van der Waals surface area (Å²) in [5, 5.41) is 3.47. The molecular weight excluding hydrogens is 186 g/mol. The van der Waals surface area contributed by atoms with Gasteiger partial charge in [0.05, 0.1) is 7.11 Å². The van der Waals surface area contributed by atoms with Gasteiger partial charge in [-0.3, -0.25) is 0 Å². The number of hydrogen-bond acceptors (Lipinski definition) is 2. The van der Waals surface area contributed by atoms with E-state index < -0.39 is 0 Å². The maximum atomic E-state index is 5.29. The first kappa shape index (κ1) is 10.5. The SMILES string of the molecule is COc1ccc2c(c1)C(C(C)C)CNC2. The molecule has 0 saturated carbocycles. The third-order valence-electron chi connectivity index (χ3n) is 3.24. The van der Waals surface area contributed by atoms with Crippen molar-refractivity contribution in [2.45, 2.75) is 26.3 Å². The summed E-state index contributed by atoms with van der Waals surface area (Å²) in [6.07, 6.45) is 0. The number of methoxy groups -OCH3 is 1. The van der Waals surface area contributed by atoms with Gasteiger partial charge in [0.2, 0.25) is 0 Å². The highest BCUT2D eigenvalue weighted by Crippen LogP contribution is 2.32. The third-order valence-corrected chi connectivity index (χ3v) is 3.24. The Kier molecular flexibility index (Phi) is 2.96. The number of fused-ring (bicyclic) bond motifs is 1. The number of rotatable bonds is 2. The van der Waals surface area contributed by atoms with Gasteiger partial charge < -0.3 is 10.1 Å². The minimum Gasteiger partial charge on any atom is -0.497 e. The monoisotopic (exact) mass is 205 g/mol. The first-order valence-corrected chi connectivity index (χ1v) is 5.60. The van der Waals surface area contributed by atoms with Gasteiger partial charge >= 0.3 is 0 Å². The van der Waals surface area contributed by atoms with Crippen molar-refractivity contribution in [1.29, 1.82) is 0 Å².